The molecule has 1 aromatic carbocycles. The van der Waals surface area contributed by atoms with Crippen LogP contribution in [0.2, 0.25) is 0 Å². The van der Waals surface area contributed by atoms with Crippen molar-refractivity contribution in [1.29, 1.82) is 0 Å². The van der Waals surface area contributed by atoms with Crippen LogP contribution in [0.1, 0.15) is 19.3 Å². The summed E-state index contributed by atoms with van der Waals surface area (Å²) in [4.78, 5) is 22.1. The van der Waals surface area contributed by atoms with Crippen LogP contribution >= 0.6 is 0 Å². The van der Waals surface area contributed by atoms with E-state index in [1.54, 1.807) is 12.1 Å². The number of carboxylic acid groups (broad SMARTS) is 1. The Labute approximate surface area is 122 Å². The van der Waals surface area contributed by atoms with Crippen LogP contribution in [0.3, 0.4) is 0 Å². The molecule has 0 aromatic heterocycles. The minimum atomic E-state index is -0.921. The van der Waals surface area contributed by atoms with Crippen molar-refractivity contribution in [1.82, 2.24) is 0 Å². The lowest BCUT2D eigenvalue weighted by atomic mass is 10.2. The van der Waals surface area contributed by atoms with E-state index in [-0.39, 0.29) is 25.2 Å². The predicted molar refractivity (Wildman–Crippen MR) is 76.2 cm³/mol. The number of aliphatic carboxylic acids is 1. The normalized spacial score (nSPS) is 9.86. The lowest BCUT2D eigenvalue weighted by Crippen LogP contribution is -2.12. The Morgan fingerprint density at radius 1 is 1.05 bits per heavy atom. The second kappa shape index (κ2) is 7.98. The van der Waals surface area contributed by atoms with Crippen LogP contribution in [0.5, 0.6) is 17.2 Å². The Bertz CT molecular complexity index is 489. The fraction of sp³-hybridized carbons (Fsp3) is 0.429. The molecule has 0 radical (unpaired) electrons. The minimum Gasteiger partial charge on any atom is -0.493 e. The number of carbonyl (C=O) groups excluding carboxylic acids is 1. The van der Waals surface area contributed by atoms with Gasteiger partial charge in [-0.3, -0.25) is 9.59 Å². The number of nitrogens with one attached hydrogen (secondary N) is 1. The van der Waals surface area contributed by atoms with Gasteiger partial charge in [-0.05, 0) is 6.42 Å². The van der Waals surface area contributed by atoms with Gasteiger partial charge in [-0.1, -0.05) is 0 Å². The van der Waals surface area contributed by atoms with Gasteiger partial charge in [-0.25, -0.2) is 0 Å². The third-order valence-electron chi connectivity index (χ3n) is 2.74. The highest BCUT2D eigenvalue weighted by molar-refractivity contribution is 5.91. The summed E-state index contributed by atoms with van der Waals surface area (Å²) in [5, 5.41) is 11.2. The van der Waals surface area contributed by atoms with E-state index in [1.807, 2.05) is 0 Å². The Morgan fingerprint density at radius 2 is 1.62 bits per heavy atom. The maximum Gasteiger partial charge on any atom is 0.303 e. The Hall–Kier alpha value is -2.44. The fourth-order valence-corrected chi connectivity index (χ4v) is 1.78. The van der Waals surface area contributed by atoms with Crippen LogP contribution < -0.4 is 19.5 Å². The Balaban J connectivity index is 2.79. The molecule has 0 heterocycles. The van der Waals surface area contributed by atoms with Crippen LogP contribution in [-0.4, -0.2) is 38.3 Å². The van der Waals surface area contributed by atoms with Crippen molar-refractivity contribution in [3.63, 3.8) is 0 Å². The average molecular weight is 297 g/mol. The number of hydrogen-bond donors (Lipinski definition) is 2. The minimum absolute atomic E-state index is 0.0390. The van der Waals surface area contributed by atoms with Crippen LogP contribution in [0.15, 0.2) is 12.1 Å². The van der Waals surface area contributed by atoms with Crippen molar-refractivity contribution in [3.8, 4) is 17.2 Å². The van der Waals surface area contributed by atoms with Crippen LogP contribution in [0.25, 0.3) is 0 Å². The molecule has 0 saturated heterocycles. The van der Waals surface area contributed by atoms with Crippen LogP contribution in [0.4, 0.5) is 5.69 Å². The van der Waals surface area contributed by atoms with Gasteiger partial charge in [-0.2, -0.15) is 0 Å². The van der Waals surface area contributed by atoms with Crippen molar-refractivity contribution in [2.75, 3.05) is 26.6 Å². The maximum atomic E-state index is 11.7. The molecule has 0 aliphatic carbocycles. The summed E-state index contributed by atoms with van der Waals surface area (Å²) in [6, 6.07) is 3.22. The number of carboxylic acids is 1. The smallest absolute Gasteiger partial charge is 0.303 e. The molecule has 21 heavy (non-hydrogen) atoms. The summed E-state index contributed by atoms with van der Waals surface area (Å²) in [5.41, 5.74) is 0.491. The number of rotatable bonds is 8. The molecule has 0 unspecified atom stereocenters. The third-order valence-corrected chi connectivity index (χ3v) is 2.74. The van der Waals surface area contributed by atoms with E-state index < -0.39 is 5.97 Å². The number of anilines is 1. The highest BCUT2D eigenvalue weighted by atomic mass is 16.5. The van der Waals surface area contributed by atoms with Crippen molar-refractivity contribution >= 4 is 17.6 Å². The first kappa shape index (κ1) is 16.6. The van der Waals surface area contributed by atoms with E-state index in [1.165, 1.54) is 21.3 Å². The number of ether oxygens (including phenoxy) is 3. The van der Waals surface area contributed by atoms with Gasteiger partial charge in [0.05, 0.1) is 21.3 Å². The molecule has 0 saturated carbocycles. The molecule has 0 spiro atoms. The second-order valence-electron chi connectivity index (χ2n) is 4.21. The van der Waals surface area contributed by atoms with Crippen molar-refractivity contribution in [2.24, 2.45) is 0 Å². The van der Waals surface area contributed by atoms with Gasteiger partial charge < -0.3 is 24.6 Å². The zero-order valence-corrected chi connectivity index (χ0v) is 12.3. The largest absolute Gasteiger partial charge is 0.493 e. The van der Waals surface area contributed by atoms with Gasteiger partial charge >= 0.3 is 5.97 Å². The van der Waals surface area contributed by atoms with Crippen molar-refractivity contribution < 1.29 is 28.9 Å². The van der Waals surface area contributed by atoms with E-state index in [0.29, 0.717) is 22.9 Å². The first-order chi connectivity index (χ1) is 10.0. The first-order valence-corrected chi connectivity index (χ1v) is 6.33. The third kappa shape index (κ3) is 4.87. The predicted octanol–water partition coefficient (Wildman–Crippen LogP) is 1.91. The van der Waals surface area contributed by atoms with Gasteiger partial charge in [0.15, 0.2) is 11.5 Å². The summed E-state index contributed by atoms with van der Waals surface area (Å²) in [6.07, 6.45) is 0.372. The van der Waals surface area contributed by atoms with E-state index in [2.05, 4.69) is 5.32 Å². The molecule has 1 aromatic rings. The highest BCUT2D eigenvalue weighted by Gasteiger charge is 2.14. The van der Waals surface area contributed by atoms with Crippen molar-refractivity contribution in [2.45, 2.75) is 19.3 Å². The zero-order chi connectivity index (χ0) is 15.8. The average Bonchev–Trinajstić information content (AvgIpc) is 2.45. The summed E-state index contributed by atoms with van der Waals surface area (Å²) in [6.45, 7) is 0. The van der Waals surface area contributed by atoms with Gasteiger partial charge in [0.2, 0.25) is 11.7 Å². The zero-order valence-electron chi connectivity index (χ0n) is 12.3. The summed E-state index contributed by atoms with van der Waals surface area (Å²) in [5.74, 6) is 0.0976. The molecule has 116 valence electrons. The van der Waals surface area contributed by atoms with E-state index in [0.717, 1.165) is 0 Å². The SMILES string of the molecule is COc1cc(NC(=O)CCCC(=O)O)cc(OC)c1OC. The van der Waals surface area contributed by atoms with Crippen LogP contribution in [-0.2, 0) is 9.59 Å². The monoisotopic (exact) mass is 297 g/mol. The molecule has 0 fully saturated rings. The van der Waals surface area contributed by atoms with E-state index >= 15 is 0 Å². The lowest BCUT2D eigenvalue weighted by Gasteiger charge is -2.14. The highest BCUT2D eigenvalue weighted by Crippen LogP contribution is 2.39. The number of carbonyl (C=O) groups is 2. The number of hydrogen-bond acceptors (Lipinski definition) is 5. The van der Waals surface area contributed by atoms with E-state index in [4.69, 9.17) is 19.3 Å². The molecule has 1 amide bonds. The second-order valence-corrected chi connectivity index (χ2v) is 4.21. The number of methoxy groups -OCH3 is 3. The number of benzene rings is 1. The number of amides is 1. The Kier molecular flexibility index (Phi) is 6.32. The summed E-state index contributed by atoms with van der Waals surface area (Å²) in [7, 11) is 4.45. The van der Waals surface area contributed by atoms with Gasteiger partial charge in [0.25, 0.3) is 0 Å². The van der Waals surface area contributed by atoms with Gasteiger partial charge in [0, 0.05) is 30.7 Å². The maximum absolute atomic E-state index is 11.7. The molecule has 0 bridgehead atoms. The fourth-order valence-electron chi connectivity index (χ4n) is 1.78. The summed E-state index contributed by atoms with van der Waals surface area (Å²) < 4.78 is 15.5. The standard InChI is InChI=1S/C14H19NO6/c1-19-10-7-9(8-11(20-2)14(10)21-3)15-12(16)5-4-6-13(17)18/h7-8H,4-6H2,1-3H3,(H,15,16)(H,17,18). The molecule has 0 aliphatic rings. The molecule has 1 rings (SSSR count). The van der Waals surface area contributed by atoms with Crippen molar-refractivity contribution in [3.05, 3.63) is 12.1 Å². The topological polar surface area (TPSA) is 94.1 Å². The molecule has 7 nitrogen and oxygen atoms in total. The van der Waals surface area contributed by atoms with Gasteiger partial charge in [-0.15, -0.1) is 0 Å². The molecule has 7 heteroatoms. The molecule has 0 aliphatic heterocycles. The molecule has 2 N–H and O–H groups in total. The Morgan fingerprint density at radius 3 is 2.05 bits per heavy atom. The first-order valence-electron chi connectivity index (χ1n) is 6.33. The summed E-state index contributed by atoms with van der Waals surface area (Å²) >= 11 is 0. The molecular formula is C14H19NO6. The van der Waals surface area contributed by atoms with E-state index in [9.17, 15) is 9.59 Å². The lowest BCUT2D eigenvalue weighted by molar-refractivity contribution is -0.137. The van der Waals surface area contributed by atoms with Crippen LogP contribution in [0, 0.1) is 0 Å². The van der Waals surface area contributed by atoms with Gasteiger partial charge in [0.1, 0.15) is 0 Å². The molecule has 0 atom stereocenters. The quantitative estimate of drug-likeness (QED) is 0.761. The molecular weight excluding hydrogens is 278 g/mol.